The third-order valence-corrected chi connectivity index (χ3v) is 5.25. The first-order valence-corrected chi connectivity index (χ1v) is 9.86. The van der Waals surface area contributed by atoms with E-state index in [1.165, 1.54) is 32.1 Å². The predicted molar refractivity (Wildman–Crippen MR) is 95.1 cm³/mol. The van der Waals surface area contributed by atoms with Crippen LogP contribution in [0.5, 0.6) is 0 Å². The molecule has 138 valence electrons. The first-order chi connectivity index (χ1) is 11.7. The standard InChI is InChI=1S/C20H34O4/c1-2-3-4-7-10-15-23-20-16(17-13-14-18(20)24-17)11-8-5-6-9-12-19(21)22/h5,8,16-18,20H,2-4,6-7,9-15H2,1H3,(H,21,22)/b8-5-. The highest BCUT2D eigenvalue weighted by atomic mass is 16.6. The topological polar surface area (TPSA) is 55.8 Å². The fraction of sp³-hybridized carbons (Fsp3) is 0.850. The maximum Gasteiger partial charge on any atom is 0.303 e. The molecule has 4 nitrogen and oxygen atoms in total. The molecule has 2 bridgehead atoms. The van der Waals surface area contributed by atoms with Gasteiger partial charge in [0.1, 0.15) is 0 Å². The lowest BCUT2D eigenvalue weighted by Gasteiger charge is -2.27. The van der Waals surface area contributed by atoms with E-state index < -0.39 is 5.97 Å². The third-order valence-electron chi connectivity index (χ3n) is 5.25. The Balaban J connectivity index is 1.65. The van der Waals surface area contributed by atoms with Gasteiger partial charge in [-0.25, -0.2) is 0 Å². The lowest BCUT2D eigenvalue weighted by Crippen LogP contribution is -2.34. The largest absolute Gasteiger partial charge is 0.481 e. The number of carbonyl (C=O) groups is 1. The number of carboxylic acid groups (broad SMARTS) is 1. The van der Waals surface area contributed by atoms with Crippen molar-refractivity contribution in [2.45, 2.75) is 95.9 Å². The van der Waals surface area contributed by atoms with Crippen molar-refractivity contribution < 1.29 is 19.4 Å². The molecule has 0 aromatic carbocycles. The van der Waals surface area contributed by atoms with Gasteiger partial charge in [-0.2, -0.15) is 0 Å². The van der Waals surface area contributed by atoms with Crippen molar-refractivity contribution in [1.82, 2.24) is 0 Å². The third kappa shape index (κ3) is 6.21. The Hall–Kier alpha value is -0.870. The molecular weight excluding hydrogens is 304 g/mol. The zero-order valence-electron chi connectivity index (χ0n) is 15.1. The fourth-order valence-corrected chi connectivity index (χ4v) is 3.92. The number of carboxylic acids is 1. The number of hydrogen-bond donors (Lipinski definition) is 1. The fourth-order valence-electron chi connectivity index (χ4n) is 3.92. The molecule has 2 heterocycles. The molecule has 4 heteroatoms. The second-order valence-electron chi connectivity index (χ2n) is 7.20. The molecular formula is C20H34O4. The molecule has 0 aromatic rings. The van der Waals surface area contributed by atoms with Crippen LogP contribution in [0.15, 0.2) is 12.2 Å². The van der Waals surface area contributed by atoms with E-state index >= 15 is 0 Å². The maximum absolute atomic E-state index is 10.5. The first kappa shape index (κ1) is 19.5. The van der Waals surface area contributed by atoms with Gasteiger partial charge in [0.2, 0.25) is 0 Å². The van der Waals surface area contributed by atoms with E-state index in [0.29, 0.717) is 18.1 Å². The van der Waals surface area contributed by atoms with Gasteiger partial charge in [0.15, 0.2) is 0 Å². The Morgan fingerprint density at radius 1 is 1.12 bits per heavy atom. The van der Waals surface area contributed by atoms with Gasteiger partial charge in [-0.15, -0.1) is 0 Å². The highest BCUT2D eigenvalue weighted by Gasteiger charge is 2.48. The highest BCUT2D eigenvalue weighted by Crippen LogP contribution is 2.42. The van der Waals surface area contributed by atoms with Gasteiger partial charge >= 0.3 is 5.97 Å². The van der Waals surface area contributed by atoms with Crippen LogP contribution in [0.1, 0.15) is 77.6 Å². The quantitative estimate of drug-likeness (QED) is 0.390. The zero-order valence-corrected chi connectivity index (χ0v) is 15.1. The number of hydrogen-bond acceptors (Lipinski definition) is 3. The van der Waals surface area contributed by atoms with Gasteiger partial charge < -0.3 is 14.6 Å². The normalized spacial score (nSPS) is 28.9. The van der Waals surface area contributed by atoms with Crippen LogP contribution in [0.4, 0.5) is 0 Å². The number of allylic oxidation sites excluding steroid dienone is 2. The summed E-state index contributed by atoms with van der Waals surface area (Å²) in [6, 6.07) is 0. The van der Waals surface area contributed by atoms with Crippen LogP contribution in [0.3, 0.4) is 0 Å². The highest BCUT2D eigenvalue weighted by molar-refractivity contribution is 5.66. The molecule has 0 aliphatic carbocycles. The average Bonchev–Trinajstić information content (AvgIpc) is 3.15. The van der Waals surface area contributed by atoms with Crippen molar-refractivity contribution in [1.29, 1.82) is 0 Å². The summed E-state index contributed by atoms with van der Waals surface area (Å²) in [5, 5.41) is 8.64. The van der Waals surface area contributed by atoms with E-state index in [-0.39, 0.29) is 12.5 Å². The van der Waals surface area contributed by atoms with Crippen molar-refractivity contribution in [3.8, 4) is 0 Å². The van der Waals surface area contributed by atoms with E-state index in [9.17, 15) is 4.79 Å². The van der Waals surface area contributed by atoms with Crippen LogP contribution < -0.4 is 0 Å². The van der Waals surface area contributed by atoms with E-state index in [2.05, 4.69) is 19.1 Å². The van der Waals surface area contributed by atoms with Crippen molar-refractivity contribution >= 4 is 5.97 Å². The van der Waals surface area contributed by atoms with Crippen molar-refractivity contribution in [3.63, 3.8) is 0 Å². The van der Waals surface area contributed by atoms with Gasteiger partial charge in [-0.3, -0.25) is 4.79 Å². The maximum atomic E-state index is 10.5. The molecule has 0 amide bonds. The molecule has 2 fully saturated rings. The average molecular weight is 338 g/mol. The van der Waals surface area contributed by atoms with Gasteiger partial charge in [0.25, 0.3) is 0 Å². The molecule has 0 spiro atoms. The molecule has 0 aromatic heterocycles. The number of aliphatic carboxylic acids is 1. The molecule has 0 saturated carbocycles. The lowest BCUT2D eigenvalue weighted by atomic mass is 9.84. The number of fused-ring (bicyclic) bond motifs is 2. The van der Waals surface area contributed by atoms with Crippen LogP contribution >= 0.6 is 0 Å². The van der Waals surface area contributed by atoms with Crippen molar-refractivity contribution in [2.75, 3.05) is 6.61 Å². The van der Waals surface area contributed by atoms with Crippen LogP contribution in [-0.4, -0.2) is 36.0 Å². The molecule has 1 N–H and O–H groups in total. The minimum absolute atomic E-state index is 0.255. The summed E-state index contributed by atoms with van der Waals surface area (Å²) in [4.78, 5) is 10.5. The summed E-state index contributed by atoms with van der Waals surface area (Å²) < 4.78 is 12.3. The summed E-state index contributed by atoms with van der Waals surface area (Å²) >= 11 is 0. The molecule has 24 heavy (non-hydrogen) atoms. The van der Waals surface area contributed by atoms with E-state index in [1.807, 2.05) is 0 Å². The Labute approximate surface area is 146 Å². The molecule has 2 saturated heterocycles. The smallest absolute Gasteiger partial charge is 0.303 e. The molecule has 2 rings (SSSR count). The number of unbranched alkanes of at least 4 members (excludes halogenated alkanes) is 5. The van der Waals surface area contributed by atoms with E-state index in [4.69, 9.17) is 14.6 Å². The predicted octanol–water partition coefficient (Wildman–Crippen LogP) is 4.72. The van der Waals surface area contributed by atoms with Crippen molar-refractivity contribution in [3.05, 3.63) is 12.2 Å². The zero-order chi connectivity index (χ0) is 17.2. The first-order valence-electron chi connectivity index (χ1n) is 9.86. The van der Waals surface area contributed by atoms with Gasteiger partial charge in [0, 0.05) is 18.9 Å². The molecule has 4 unspecified atom stereocenters. The van der Waals surface area contributed by atoms with E-state index in [0.717, 1.165) is 38.7 Å². The van der Waals surface area contributed by atoms with Crippen LogP contribution in [0.25, 0.3) is 0 Å². The number of ether oxygens (including phenoxy) is 2. The van der Waals surface area contributed by atoms with Crippen LogP contribution in [0, 0.1) is 5.92 Å². The molecule has 0 radical (unpaired) electrons. The SMILES string of the molecule is CCCCCCCOC1C2CCC(O2)C1C/C=C\CCCC(=O)O. The minimum Gasteiger partial charge on any atom is -0.481 e. The van der Waals surface area contributed by atoms with Crippen LogP contribution in [-0.2, 0) is 14.3 Å². The summed E-state index contributed by atoms with van der Waals surface area (Å²) in [5.41, 5.74) is 0. The minimum atomic E-state index is -0.711. The summed E-state index contributed by atoms with van der Waals surface area (Å²) in [6.45, 7) is 3.10. The second kappa shape index (κ2) is 10.9. The summed E-state index contributed by atoms with van der Waals surface area (Å²) in [6.07, 6.45) is 16.7. The van der Waals surface area contributed by atoms with Crippen molar-refractivity contribution in [2.24, 2.45) is 5.92 Å². The summed E-state index contributed by atoms with van der Waals surface area (Å²) in [5.74, 6) is -0.229. The molecule has 2 aliphatic rings. The monoisotopic (exact) mass is 338 g/mol. The van der Waals surface area contributed by atoms with E-state index in [1.54, 1.807) is 0 Å². The molecule has 2 aliphatic heterocycles. The van der Waals surface area contributed by atoms with Gasteiger partial charge in [0.05, 0.1) is 18.3 Å². The Morgan fingerprint density at radius 3 is 2.71 bits per heavy atom. The lowest BCUT2D eigenvalue weighted by molar-refractivity contribution is -0.137. The Bertz CT molecular complexity index is 393. The summed E-state index contributed by atoms with van der Waals surface area (Å²) in [7, 11) is 0. The van der Waals surface area contributed by atoms with Gasteiger partial charge in [-0.1, -0.05) is 44.8 Å². The second-order valence-corrected chi connectivity index (χ2v) is 7.20. The Kier molecular flexibility index (Phi) is 8.82. The van der Waals surface area contributed by atoms with Gasteiger partial charge in [-0.05, 0) is 38.5 Å². The molecule has 4 atom stereocenters. The Morgan fingerprint density at radius 2 is 1.92 bits per heavy atom. The van der Waals surface area contributed by atoms with Crippen LogP contribution in [0.2, 0.25) is 0 Å². The number of rotatable bonds is 13.